The summed E-state index contributed by atoms with van der Waals surface area (Å²) < 4.78 is 0. The molecule has 0 atom stereocenters. The average molecular weight is 844 g/mol. The first kappa shape index (κ1) is 39.0. The molecule has 10 aromatic rings. The average Bonchev–Trinajstić information content (AvgIpc) is 3.81. The van der Waals surface area contributed by atoms with Gasteiger partial charge in [-0.1, -0.05) is 166 Å². The summed E-state index contributed by atoms with van der Waals surface area (Å²) in [5.74, 6) is 1.79. The van der Waals surface area contributed by atoms with Gasteiger partial charge in [-0.05, 0) is 121 Å². The zero-order valence-corrected chi connectivity index (χ0v) is 36.4. The Hall–Kier alpha value is -8.59. The minimum absolute atomic E-state index is 0.181. The van der Waals surface area contributed by atoms with Crippen molar-refractivity contribution in [3.8, 4) is 84.9 Å². The van der Waals surface area contributed by atoms with Gasteiger partial charge in [0.25, 0.3) is 0 Å². The fourth-order valence-electron chi connectivity index (χ4n) is 10.5. The van der Waals surface area contributed by atoms with E-state index in [2.05, 4.69) is 184 Å². The summed E-state index contributed by atoms with van der Waals surface area (Å²) in [5, 5.41) is 10.2. The summed E-state index contributed by atoms with van der Waals surface area (Å²) in [4.78, 5) is 20.6. The second kappa shape index (κ2) is 15.3. The molecule has 2 aromatic heterocycles. The van der Waals surface area contributed by atoms with Gasteiger partial charge in [0.05, 0.1) is 22.7 Å². The van der Waals surface area contributed by atoms with Crippen molar-refractivity contribution >= 4 is 0 Å². The van der Waals surface area contributed by atoms with Crippen molar-refractivity contribution in [3.63, 3.8) is 0 Å². The molecule has 5 heteroatoms. The molecule has 12 rings (SSSR count). The van der Waals surface area contributed by atoms with E-state index in [0.29, 0.717) is 23.0 Å². The molecule has 5 nitrogen and oxygen atoms in total. The van der Waals surface area contributed by atoms with Crippen LogP contribution >= 0.6 is 0 Å². The predicted molar refractivity (Wildman–Crippen MR) is 264 cm³/mol. The summed E-state index contributed by atoms with van der Waals surface area (Å²) in [6, 6.07) is 74.8. The number of pyridine rings is 1. The third kappa shape index (κ3) is 6.14. The molecule has 0 aliphatic heterocycles. The van der Waals surface area contributed by atoms with Crippen LogP contribution in [0.1, 0.15) is 52.8 Å². The van der Waals surface area contributed by atoms with Gasteiger partial charge < -0.3 is 0 Å². The van der Waals surface area contributed by atoms with Crippen molar-refractivity contribution in [2.75, 3.05) is 0 Å². The Morgan fingerprint density at radius 1 is 0.379 bits per heavy atom. The zero-order chi connectivity index (χ0) is 44.4. The molecule has 0 unspecified atom stereocenters. The molecule has 2 heterocycles. The van der Waals surface area contributed by atoms with Crippen LogP contribution in [0.4, 0.5) is 0 Å². The van der Waals surface area contributed by atoms with Crippen LogP contribution in [0.2, 0.25) is 0 Å². The summed E-state index contributed by atoms with van der Waals surface area (Å²) in [6.07, 6.45) is 1.83. The van der Waals surface area contributed by atoms with Crippen molar-refractivity contribution in [1.29, 1.82) is 5.26 Å². The quantitative estimate of drug-likeness (QED) is 0.160. The molecule has 2 aliphatic carbocycles. The summed E-state index contributed by atoms with van der Waals surface area (Å²) in [7, 11) is 0. The summed E-state index contributed by atoms with van der Waals surface area (Å²) >= 11 is 0. The first-order valence-electron chi connectivity index (χ1n) is 22.3. The van der Waals surface area contributed by atoms with Crippen molar-refractivity contribution < 1.29 is 0 Å². The van der Waals surface area contributed by atoms with Crippen LogP contribution in [-0.4, -0.2) is 19.9 Å². The van der Waals surface area contributed by atoms with E-state index in [0.717, 1.165) is 72.5 Å². The van der Waals surface area contributed by atoms with Gasteiger partial charge in [0, 0.05) is 33.9 Å². The van der Waals surface area contributed by atoms with Gasteiger partial charge in [-0.25, -0.2) is 15.0 Å². The second-order valence-corrected chi connectivity index (χ2v) is 17.7. The summed E-state index contributed by atoms with van der Waals surface area (Å²) in [5.41, 5.74) is 18.2. The van der Waals surface area contributed by atoms with Gasteiger partial charge >= 0.3 is 0 Å². The van der Waals surface area contributed by atoms with E-state index in [4.69, 9.17) is 19.9 Å². The predicted octanol–water partition coefficient (Wildman–Crippen LogP) is 14.1. The lowest BCUT2D eigenvalue weighted by Gasteiger charge is -2.34. The molecule has 8 aromatic carbocycles. The minimum Gasteiger partial charge on any atom is -0.256 e. The third-order valence-electron chi connectivity index (χ3n) is 13.7. The molecule has 0 amide bonds. The maximum atomic E-state index is 10.2. The number of nitriles is 1. The van der Waals surface area contributed by atoms with E-state index in [-0.39, 0.29) is 5.41 Å². The number of aromatic nitrogens is 4. The van der Waals surface area contributed by atoms with Crippen molar-refractivity contribution in [3.05, 3.63) is 251 Å². The summed E-state index contributed by atoms with van der Waals surface area (Å²) in [6.45, 7) is 4.59. The molecule has 0 saturated heterocycles. The topological polar surface area (TPSA) is 75.3 Å². The van der Waals surface area contributed by atoms with E-state index in [1.54, 1.807) is 0 Å². The second-order valence-electron chi connectivity index (χ2n) is 17.7. The van der Waals surface area contributed by atoms with Gasteiger partial charge in [0.15, 0.2) is 17.5 Å². The Labute approximate surface area is 384 Å². The monoisotopic (exact) mass is 843 g/mol. The van der Waals surface area contributed by atoms with Crippen LogP contribution in [-0.2, 0) is 10.8 Å². The Morgan fingerprint density at radius 3 is 1.58 bits per heavy atom. The smallest absolute Gasteiger partial charge is 0.164 e. The first-order valence-corrected chi connectivity index (χ1v) is 22.3. The van der Waals surface area contributed by atoms with Crippen LogP contribution in [0.25, 0.3) is 78.8 Å². The van der Waals surface area contributed by atoms with Gasteiger partial charge in [0.1, 0.15) is 0 Å². The standard InChI is InChI=1S/C61H41N5/c1-60(2)52-23-13-12-22-48(52)49-30-27-42(37-53(49)60)58-64-57(40-16-6-3-7-17-40)65-59(66-58)45-34-43(33-44(35-45)56-24-14-15-31-63-56)41-26-29-51-50-28-25-39(38-62)32-54(50)61(55(51)36-41,46-18-8-4-9-19-46)47-20-10-5-11-21-47/h3-37H,1-2H3. The maximum Gasteiger partial charge on any atom is 0.164 e. The fourth-order valence-corrected chi connectivity index (χ4v) is 10.5. The molecule has 0 radical (unpaired) electrons. The van der Waals surface area contributed by atoms with Crippen molar-refractivity contribution in [1.82, 2.24) is 19.9 Å². The SMILES string of the molecule is CC1(C)c2ccccc2-c2ccc(-c3nc(-c4ccccc4)nc(-c4cc(-c5ccc6c(c5)C(c5ccccc5)(c5ccccc5)c5cc(C#N)ccc5-6)cc(-c5ccccn5)c4)n3)cc21. The lowest BCUT2D eigenvalue weighted by molar-refractivity contribution is 0.660. The first-order chi connectivity index (χ1) is 32.4. The number of benzene rings is 8. The Balaban J connectivity index is 1.08. The highest BCUT2D eigenvalue weighted by atomic mass is 15.0. The number of fused-ring (bicyclic) bond motifs is 6. The molecule has 0 N–H and O–H groups in total. The van der Waals surface area contributed by atoms with Crippen LogP contribution in [0.3, 0.4) is 0 Å². The molecule has 0 fully saturated rings. The Morgan fingerprint density at radius 2 is 0.894 bits per heavy atom. The van der Waals surface area contributed by atoms with Gasteiger partial charge in [-0.15, -0.1) is 0 Å². The molecule has 310 valence electrons. The highest BCUT2D eigenvalue weighted by molar-refractivity contribution is 5.90. The number of hydrogen-bond acceptors (Lipinski definition) is 5. The molecular formula is C61H41N5. The van der Waals surface area contributed by atoms with E-state index >= 15 is 0 Å². The Kier molecular flexibility index (Phi) is 9.05. The van der Waals surface area contributed by atoms with E-state index in [1.807, 2.05) is 48.7 Å². The lowest BCUT2D eigenvalue weighted by atomic mass is 9.67. The molecule has 0 bridgehead atoms. The minimum atomic E-state index is -0.684. The van der Waals surface area contributed by atoms with Crippen LogP contribution < -0.4 is 0 Å². The van der Waals surface area contributed by atoms with Gasteiger partial charge in [0.2, 0.25) is 0 Å². The Bertz CT molecular complexity index is 3520. The van der Waals surface area contributed by atoms with E-state index < -0.39 is 5.41 Å². The van der Waals surface area contributed by atoms with Gasteiger partial charge in [-0.3, -0.25) is 4.98 Å². The van der Waals surface area contributed by atoms with E-state index in [9.17, 15) is 5.26 Å². The molecular weight excluding hydrogens is 803 g/mol. The van der Waals surface area contributed by atoms with Gasteiger partial charge in [-0.2, -0.15) is 5.26 Å². The van der Waals surface area contributed by atoms with Crippen molar-refractivity contribution in [2.24, 2.45) is 0 Å². The maximum absolute atomic E-state index is 10.2. The zero-order valence-electron chi connectivity index (χ0n) is 36.4. The van der Waals surface area contributed by atoms with Crippen molar-refractivity contribution in [2.45, 2.75) is 24.7 Å². The largest absolute Gasteiger partial charge is 0.256 e. The van der Waals surface area contributed by atoms with Crippen LogP contribution in [0.15, 0.2) is 212 Å². The number of nitrogens with zero attached hydrogens (tertiary/aromatic N) is 5. The third-order valence-corrected chi connectivity index (χ3v) is 13.7. The van der Waals surface area contributed by atoms with Crippen LogP contribution in [0, 0.1) is 11.3 Å². The van der Waals surface area contributed by atoms with Crippen LogP contribution in [0.5, 0.6) is 0 Å². The molecule has 0 spiro atoms. The molecule has 66 heavy (non-hydrogen) atoms. The van der Waals surface area contributed by atoms with E-state index in [1.165, 1.54) is 22.3 Å². The molecule has 2 aliphatic rings. The normalized spacial score (nSPS) is 13.5. The lowest BCUT2D eigenvalue weighted by Crippen LogP contribution is -2.28. The highest BCUT2D eigenvalue weighted by Gasteiger charge is 2.46. The molecule has 0 saturated carbocycles. The highest BCUT2D eigenvalue weighted by Crippen LogP contribution is 2.57. The number of hydrogen-bond donors (Lipinski definition) is 0. The number of rotatable bonds is 7. The fraction of sp³-hybridized carbons (Fsp3) is 0.0656.